The highest BCUT2D eigenvalue weighted by molar-refractivity contribution is 7.18. The number of carbonyl (C=O) groups is 1. The third kappa shape index (κ3) is 2.58. The SMILES string of the molecule is Cc1cccc(C(C)C)c1NC(=O)c1nn2c(C3CC3)nnc2s1. The highest BCUT2D eigenvalue weighted by Crippen LogP contribution is 2.39. The third-order valence-corrected chi connectivity index (χ3v) is 5.21. The van der Waals surface area contributed by atoms with E-state index >= 15 is 0 Å². The van der Waals surface area contributed by atoms with Gasteiger partial charge in [-0.1, -0.05) is 43.4 Å². The van der Waals surface area contributed by atoms with E-state index < -0.39 is 0 Å². The van der Waals surface area contributed by atoms with Crippen molar-refractivity contribution in [2.75, 3.05) is 5.32 Å². The lowest BCUT2D eigenvalue weighted by molar-refractivity contribution is 0.102. The van der Waals surface area contributed by atoms with Gasteiger partial charge in [0, 0.05) is 11.6 Å². The standard InChI is InChI=1S/C17H19N5OS/c1-9(2)12-6-4-5-10(3)13(12)18-15(23)16-21-22-14(11-7-8-11)19-20-17(22)24-16/h4-6,9,11H,7-8H2,1-3H3,(H,18,23). The van der Waals surface area contributed by atoms with Crippen LogP contribution in [0.15, 0.2) is 18.2 Å². The number of para-hydroxylation sites is 1. The topological polar surface area (TPSA) is 72.2 Å². The number of benzene rings is 1. The summed E-state index contributed by atoms with van der Waals surface area (Å²) >= 11 is 1.28. The van der Waals surface area contributed by atoms with Crippen molar-refractivity contribution in [2.24, 2.45) is 0 Å². The van der Waals surface area contributed by atoms with Crippen LogP contribution < -0.4 is 5.32 Å². The van der Waals surface area contributed by atoms with E-state index in [1.807, 2.05) is 19.1 Å². The normalized spacial score (nSPS) is 14.5. The number of carbonyl (C=O) groups excluding carboxylic acids is 1. The van der Waals surface area contributed by atoms with Gasteiger partial charge in [0.2, 0.25) is 9.97 Å². The number of nitrogens with one attached hydrogen (secondary N) is 1. The molecule has 0 saturated heterocycles. The predicted octanol–water partition coefficient (Wildman–Crippen LogP) is 3.75. The monoisotopic (exact) mass is 341 g/mol. The van der Waals surface area contributed by atoms with E-state index in [-0.39, 0.29) is 5.91 Å². The van der Waals surface area contributed by atoms with Crippen LogP contribution in [-0.2, 0) is 0 Å². The Morgan fingerprint density at radius 2 is 2.12 bits per heavy atom. The fourth-order valence-corrected chi connectivity index (χ4v) is 3.57. The van der Waals surface area contributed by atoms with Gasteiger partial charge in [-0.15, -0.1) is 15.3 Å². The Kier molecular flexibility index (Phi) is 3.60. The van der Waals surface area contributed by atoms with Crippen LogP contribution in [0.2, 0.25) is 0 Å². The highest BCUT2D eigenvalue weighted by Gasteiger charge is 2.30. The molecule has 1 aliphatic carbocycles. The molecule has 1 aliphatic rings. The fourth-order valence-electron chi connectivity index (χ4n) is 2.83. The summed E-state index contributed by atoms with van der Waals surface area (Å²) in [7, 11) is 0. The predicted molar refractivity (Wildman–Crippen MR) is 93.9 cm³/mol. The number of hydrogen-bond donors (Lipinski definition) is 1. The van der Waals surface area contributed by atoms with Crippen LogP contribution in [0, 0.1) is 6.92 Å². The molecule has 0 aliphatic heterocycles. The second kappa shape index (κ2) is 5.66. The molecule has 0 radical (unpaired) electrons. The summed E-state index contributed by atoms with van der Waals surface area (Å²) in [5, 5.41) is 16.2. The lowest BCUT2D eigenvalue weighted by Crippen LogP contribution is -2.15. The molecule has 1 aromatic carbocycles. The van der Waals surface area contributed by atoms with Gasteiger partial charge in [0.05, 0.1) is 0 Å². The maximum Gasteiger partial charge on any atom is 0.286 e. The van der Waals surface area contributed by atoms with Gasteiger partial charge in [0.1, 0.15) is 0 Å². The van der Waals surface area contributed by atoms with Crippen molar-refractivity contribution in [2.45, 2.75) is 45.4 Å². The molecule has 124 valence electrons. The molecule has 1 saturated carbocycles. The van der Waals surface area contributed by atoms with E-state index in [2.05, 4.69) is 40.5 Å². The number of nitrogens with zero attached hydrogens (tertiary/aromatic N) is 4. The van der Waals surface area contributed by atoms with Crippen LogP contribution in [0.4, 0.5) is 5.69 Å². The molecular formula is C17H19N5OS. The lowest BCUT2D eigenvalue weighted by atomic mass is 9.98. The maximum atomic E-state index is 12.7. The van der Waals surface area contributed by atoms with Crippen molar-refractivity contribution in [3.05, 3.63) is 40.2 Å². The summed E-state index contributed by atoms with van der Waals surface area (Å²) in [6, 6.07) is 6.08. The van der Waals surface area contributed by atoms with Gasteiger partial charge >= 0.3 is 0 Å². The Hall–Kier alpha value is -2.28. The molecule has 4 rings (SSSR count). The van der Waals surface area contributed by atoms with Gasteiger partial charge in [-0.3, -0.25) is 4.79 Å². The molecule has 0 unspecified atom stereocenters. The summed E-state index contributed by atoms with van der Waals surface area (Å²) in [4.78, 5) is 13.4. The average molecular weight is 341 g/mol. The van der Waals surface area contributed by atoms with E-state index in [0.29, 0.717) is 21.8 Å². The molecule has 7 heteroatoms. The van der Waals surface area contributed by atoms with Gasteiger partial charge < -0.3 is 5.32 Å². The van der Waals surface area contributed by atoms with Gasteiger partial charge in [-0.05, 0) is 36.8 Å². The first-order chi connectivity index (χ1) is 11.5. The second-order valence-corrected chi connectivity index (χ2v) is 7.54. The van der Waals surface area contributed by atoms with Crippen molar-refractivity contribution in [3.63, 3.8) is 0 Å². The lowest BCUT2D eigenvalue weighted by Gasteiger charge is -2.15. The van der Waals surface area contributed by atoms with E-state index in [1.165, 1.54) is 11.3 Å². The molecule has 2 aromatic heterocycles. The summed E-state index contributed by atoms with van der Waals surface area (Å²) < 4.78 is 1.72. The number of aryl methyl sites for hydroxylation is 1. The molecule has 3 aromatic rings. The first-order valence-corrected chi connectivity index (χ1v) is 8.99. The summed E-state index contributed by atoms with van der Waals surface area (Å²) in [6.07, 6.45) is 2.25. The maximum absolute atomic E-state index is 12.7. The largest absolute Gasteiger partial charge is 0.319 e. The summed E-state index contributed by atoms with van der Waals surface area (Å²) in [5.41, 5.74) is 3.06. The number of fused-ring (bicyclic) bond motifs is 1. The van der Waals surface area contributed by atoms with Crippen LogP contribution >= 0.6 is 11.3 Å². The molecule has 2 heterocycles. The van der Waals surface area contributed by atoms with E-state index in [9.17, 15) is 4.79 Å². The van der Waals surface area contributed by atoms with Crippen LogP contribution in [0.1, 0.15) is 65.3 Å². The number of hydrogen-bond acceptors (Lipinski definition) is 5. The third-order valence-electron chi connectivity index (χ3n) is 4.32. The minimum Gasteiger partial charge on any atom is -0.319 e. The van der Waals surface area contributed by atoms with Gasteiger partial charge in [0.15, 0.2) is 5.82 Å². The Balaban J connectivity index is 1.65. The van der Waals surface area contributed by atoms with Crippen molar-refractivity contribution >= 4 is 27.9 Å². The molecule has 1 N–H and O–H groups in total. The zero-order valence-electron chi connectivity index (χ0n) is 13.9. The minimum atomic E-state index is -0.191. The zero-order chi connectivity index (χ0) is 16.8. The molecule has 0 bridgehead atoms. The molecular weight excluding hydrogens is 322 g/mol. The van der Waals surface area contributed by atoms with Crippen LogP contribution in [0.3, 0.4) is 0 Å². The Bertz CT molecular complexity index is 922. The second-order valence-electron chi connectivity index (χ2n) is 6.58. The quantitative estimate of drug-likeness (QED) is 0.784. The van der Waals surface area contributed by atoms with E-state index in [4.69, 9.17) is 0 Å². The van der Waals surface area contributed by atoms with Gasteiger partial charge in [0.25, 0.3) is 5.91 Å². The van der Waals surface area contributed by atoms with Crippen molar-refractivity contribution in [1.82, 2.24) is 19.8 Å². The molecule has 1 amide bonds. The van der Waals surface area contributed by atoms with Crippen LogP contribution in [-0.4, -0.2) is 25.7 Å². The Morgan fingerprint density at radius 3 is 2.83 bits per heavy atom. The highest BCUT2D eigenvalue weighted by atomic mass is 32.1. The average Bonchev–Trinajstić information content (AvgIpc) is 3.16. The summed E-state index contributed by atoms with van der Waals surface area (Å²) in [6.45, 7) is 6.25. The Labute approximate surface area is 143 Å². The van der Waals surface area contributed by atoms with Crippen LogP contribution in [0.25, 0.3) is 4.96 Å². The van der Waals surface area contributed by atoms with E-state index in [0.717, 1.165) is 35.5 Å². The first-order valence-electron chi connectivity index (χ1n) is 8.17. The van der Waals surface area contributed by atoms with E-state index in [1.54, 1.807) is 4.52 Å². The smallest absolute Gasteiger partial charge is 0.286 e. The molecule has 24 heavy (non-hydrogen) atoms. The van der Waals surface area contributed by atoms with Gasteiger partial charge in [-0.2, -0.15) is 4.52 Å². The van der Waals surface area contributed by atoms with Crippen molar-refractivity contribution in [1.29, 1.82) is 0 Å². The number of aromatic nitrogens is 4. The fraction of sp³-hybridized carbons (Fsp3) is 0.412. The van der Waals surface area contributed by atoms with Crippen LogP contribution in [0.5, 0.6) is 0 Å². The van der Waals surface area contributed by atoms with Crippen molar-refractivity contribution < 1.29 is 4.79 Å². The Morgan fingerprint density at radius 1 is 1.33 bits per heavy atom. The zero-order valence-corrected chi connectivity index (χ0v) is 14.7. The molecule has 0 atom stereocenters. The van der Waals surface area contributed by atoms with Gasteiger partial charge in [-0.25, -0.2) is 0 Å². The number of rotatable bonds is 4. The molecule has 0 spiro atoms. The number of amides is 1. The first kappa shape index (κ1) is 15.3. The van der Waals surface area contributed by atoms with Crippen molar-refractivity contribution in [3.8, 4) is 0 Å². The minimum absolute atomic E-state index is 0.191. The number of anilines is 1. The molecule has 1 fully saturated rings. The summed E-state index contributed by atoms with van der Waals surface area (Å²) in [5.74, 6) is 1.46. The molecule has 6 nitrogen and oxygen atoms in total.